The minimum Gasteiger partial charge on any atom is -0.395 e. The third kappa shape index (κ3) is 12.7. The normalized spacial score (nSPS) is 14.9. The zero-order valence-electron chi connectivity index (χ0n) is 36.7. The Kier molecular flexibility index (Phi) is 16.9. The van der Waals surface area contributed by atoms with Crippen molar-refractivity contribution < 1.29 is 45.0 Å². The molecular formula is C48H54ClF3N4O7S3. The molecule has 0 unspecified atom stereocenters. The van der Waals surface area contributed by atoms with Gasteiger partial charge in [0.25, 0.3) is 25.8 Å². The van der Waals surface area contributed by atoms with Crippen LogP contribution < -0.4 is 14.9 Å². The second kappa shape index (κ2) is 22.0. The van der Waals surface area contributed by atoms with Crippen molar-refractivity contribution in [2.75, 3.05) is 55.8 Å². The molecule has 2 atom stereocenters. The lowest BCUT2D eigenvalue weighted by Gasteiger charge is -2.36. The molecule has 1 fully saturated rings. The van der Waals surface area contributed by atoms with E-state index in [2.05, 4.69) is 36.2 Å². The Morgan fingerprint density at radius 2 is 1.56 bits per heavy atom. The lowest BCUT2D eigenvalue weighted by atomic mass is 9.82. The number of sulfonamides is 1. The van der Waals surface area contributed by atoms with Crippen LogP contribution in [0.25, 0.3) is 11.1 Å². The van der Waals surface area contributed by atoms with Crippen molar-refractivity contribution in [1.82, 2.24) is 9.62 Å². The monoisotopic (exact) mass is 986 g/mol. The number of rotatable bonds is 19. The first-order valence-corrected chi connectivity index (χ1v) is 25.8. The summed E-state index contributed by atoms with van der Waals surface area (Å²) in [6.07, 6.45) is 0.947. The van der Waals surface area contributed by atoms with Crippen molar-refractivity contribution in [3.05, 3.63) is 137 Å². The number of halogens is 4. The van der Waals surface area contributed by atoms with Gasteiger partial charge in [-0.05, 0) is 134 Å². The van der Waals surface area contributed by atoms with Gasteiger partial charge in [-0.1, -0.05) is 74.0 Å². The zero-order chi connectivity index (χ0) is 47.8. The van der Waals surface area contributed by atoms with Crippen LogP contribution in [0, 0.1) is 5.92 Å². The fourth-order valence-corrected chi connectivity index (χ4v) is 10.9. The molecule has 66 heavy (non-hydrogen) atoms. The second-order valence-corrected chi connectivity index (χ2v) is 21.8. The average Bonchev–Trinajstić information content (AvgIpc) is 3.29. The van der Waals surface area contributed by atoms with E-state index in [1.54, 1.807) is 19.2 Å². The molecule has 18 heteroatoms. The quantitative estimate of drug-likeness (QED) is 0.0585. The molecule has 0 spiro atoms. The van der Waals surface area contributed by atoms with E-state index >= 15 is 0 Å². The Bertz CT molecular complexity index is 2650. The zero-order valence-corrected chi connectivity index (χ0v) is 39.9. The number of alkyl halides is 3. The van der Waals surface area contributed by atoms with E-state index in [4.69, 9.17) is 11.6 Å². The first-order chi connectivity index (χ1) is 31.3. The van der Waals surface area contributed by atoms with Crippen LogP contribution in [-0.4, -0.2) is 95.0 Å². The number of sulfone groups is 1. The molecule has 1 saturated heterocycles. The highest BCUT2D eigenvalue weighted by atomic mass is 35.5. The Morgan fingerprint density at radius 1 is 0.894 bits per heavy atom. The van der Waals surface area contributed by atoms with Crippen LogP contribution in [0.3, 0.4) is 0 Å². The molecule has 5 aromatic rings. The predicted molar refractivity (Wildman–Crippen MR) is 255 cm³/mol. The summed E-state index contributed by atoms with van der Waals surface area (Å²) >= 11 is 7.55. The molecule has 0 bridgehead atoms. The molecule has 0 aromatic heterocycles. The van der Waals surface area contributed by atoms with Gasteiger partial charge >= 0.3 is 5.51 Å². The van der Waals surface area contributed by atoms with Crippen LogP contribution in [0.1, 0.15) is 66.6 Å². The smallest absolute Gasteiger partial charge is 0.395 e. The number of hydrogen-bond donors (Lipinski definition) is 4. The van der Waals surface area contributed by atoms with Crippen LogP contribution in [0.15, 0.2) is 130 Å². The predicted octanol–water partition coefficient (Wildman–Crippen LogP) is 9.38. The Morgan fingerprint density at radius 3 is 2.18 bits per heavy atom. The first kappa shape index (κ1) is 50.8. The van der Waals surface area contributed by atoms with Crippen LogP contribution in [-0.2, 0) is 19.9 Å². The number of likely N-dealkylation sites (N-methyl/N-ethyl adjacent to an activating group) is 1. The van der Waals surface area contributed by atoms with Gasteiger partial charge in [-0.3, -0.25) is 4.79 Å². The number of amides is 1. The lowest BCUT2D eigenvalue weighted by Crippen LogP contribution is -2.36. The fourth-order valence-electron chi connectivity index (χ4n) is 7.79. The van der Waals surface area contributed by atoms with Crippen LogP contribution >= 0.6 is 23.4 Å². The summed E-state index contributed by atoms with van der Waals surface area (Å²) < 4.78 is 97.4. The lowest BCUT2D eigenvalue weighted by molar-refractivity contribution is -0.0435. The second-order valence-electron chi connectivity index (χ2n) is 16.6. The minimum absolute atomic E-state index is 0.0362. The van der Waals surface area contributed by atoms with Gasteiger partial charge < -0.3 is 25.3 Å². The van der Waals surface area contributed by atoms with Gasteiger partial charge in [-0.25, -0.2) is 21.6 Å². The average molecular weight is 988 g/mol. The van der Waals surface area contributed by atoms with Crippen molar-refractivity contribution in [1.29, 1.82) is 0 Å². The molecule has 4 N–H and O–H groups in total. The summed E-state index contributed by atoms with van der Waals surface area (Å²) in [5.74, 6) is -0.539. The van der Waals surface area contributed by atoms with Crippen molar-refractivity contribution in [3.8, 4) is 11.1 Å². The van der Waals surface area contributed by atoms with Crippen molar-refractivity contribution >= 4 is 60.5 Å². The van der Waals surface area contributed by atoms with Crippen molar-refractivity contribution in [2.24, 2.45) is 5.92 Å². The number of nitrogens with one attached hydrogen (secondary N) is 2. The number of anilines is 2. The summed E-state index contributed by atoms with van der Waals surface area (Å²) in [4.78, 5) is 15.9. The molecule has 1 aliphatic rings. The molecule has 11 nitrogen and oxygen atoms in total. The summed E-state index contributed by atoms with van der Waals surface area (Å²) in [6.45, 7) is 6.03. The number of aliphatic hydroxyl groups excluding tert-OH is 2. The van der Waals surface area contributed by atoms with E-state index in [1.165, 1.54) is 23.9 Å². The highest BCUT2D eigenvalue weighted by Gasteiger charge is 2.48. The minimum atomic E-state index is -6.09. The third-order valence-corrected chi connectivity index (χ3v) is 16.0. The molecule has 1 amide bonds. The van der Waals surface area contributed by atoms with E-state index in [0.717, 1.165) is 45.0 Å². The molecule has 354 valence electrons. The highest BCUT2D eigenvalue weighted by molar-refractivity contribution is 7.99. The maximum atomic E-state index is 14.1. The van der Waals surface area contributed by atoms with E-state index in [1.807, 2.05) is 70.3 Å². The maximum absolute atomic E-state index is 14.1. The fraction of sp³-hybridized carbons (Fsp3) is 0.354. The van der Waals surface area contributed by atoms with Gasteiger partial charge in [-0.2, -0.15) is 13.2 Å². The van der Waals surface area contributed by atoms with Gasteiger partial charge in [0.1, 0.15) is 4.90 Å². The van der Waals surface area contributed by atoms with Gasteiger partial charge in [0.05, 0.1) is 23.3 Å². The number of aliphatic hydroxyl groups is 2. The number of thioether (sulfide) groups is 1. The third-order valence-electron chi connectivity index (χ3n) is 11.7. The van der Waals surface area contributed by atoms with Gasteiger partial charge in [0.15, 0.2) is 0 Å². The molecule has 0 saturated carbocycles. The Balaban J connectivity index is 1.15. The first-order valence-electron chi connectivity index (χ1n) is 21.5. The van der Waals surface area contributed by atoms with E-state index in [-0.39, 0.29) is 24.0 Å². The Labute approximate surface area is 394 Å². The molecule has 0 aliphatic carbocycles. The summed E-state index contributed by atoms with van der Waals surface area (Å²) in [7, 11) is -9.23. The molecule has 6 rings (SSSR count). The molecule has 1 aliphatic heterocycles. The number of carbonyl (C=O) groups excluding carboxylic acids is 1. The summed E-state index contributed by atoms with van der Waals surface area (Å²) in [5, 5.41) is 24.7. The van der Waals surface area contributed by atoms with Crippen molar-refractivity contribution in [3.63, 3.8) is 0 Å². The number of nitrogens with zero attached hydrogens (tertiary/aromatic N) is 2. The van der Waals surface area contributed by atoms with Gasteiger partial charge in [-0.15, -0.1) is 11.8 Å². The number of piperidine rings is 1. The molecule has 0 radical (unpaired) electrons. The highest BCUT2D eigenvalue weighted by Crippen LogP contribution is 2.40. The largest absolute Gasteiger partial charge is 0.501 e. The molecular weight excluding hydrogens is 933 g/mol. The van der Waals surface area contributed by atoms with E-state index in [0.29, 0.717) is 62.3 Å². The number of carbonyl (C=O) groups is 1. The summed E-state index contributed by atoms with van der Waals surface area (Å²) in [5.41, 5.74) is -1.66. The Hall–Kier alpha value is -4.62. The van der Waals surface area contributed by atoms with Crippen molar-refractivity contribution in [2.45, 2.75) is 71.4 Å². The van der Waals surface area contributed by atoms with Crippen LogP contribution in [0.2, 0.25) is 5.02 Å². The van der Waals surface area contributed by atoms with E-state index < -0.39 is 58.9 Å². The SMILES string of the molecule is CC(C)c1ccc(-c2ccc(Cl)cc2)c([C@H](O)C2CCN(c3ccc(C(=O)NS(=O)(=O)c4ccc(N[C@@H](CCN(C)CCO)CSc5ccccc5)c(S(=O)(=O)C(F)(F)F)c4)cc3)CC2)c1. The van der Waals surface area contributed by atoms with Crippen LogP contribution in [0.5, 0.6) is 0 Å². The topological polar surface area (TPSA) is 156 Å². The molecule has 5 aromatic carbocycles. The standard InChI is InChI=1S/C48H54ClF3N4O7S3/c1-32(2)36-13-19-42(33-9-14-37(49)15-10-33)43(29-36)46(58)34-21-25-56(26-22-34)39-16-11-35(12-17-39)47(59)54-66(62,63)41-18-20-44(45(30-41)65(60,61)48(50,51)52)53-38(23-24-55(3)27-28-57)31-64-40-7-5-4-6-8-40/h4-20,29-30,32,34,38,46,53,57-58H,21-28,31H2,1-3H3,(H,54,59)/t38-,46+/m0/s1. The van der Waals surface area contributed by atoms with Gasteiger partial charge in [0.2, 0.25) is 0 Å². The molecule has 1 heterocycles. The van der Waals surface area contributed by atoms with E-state index in [9.17, 15) is 45.0 Å². The maximum Gasteiger partial charge on any atom is 0.501 e. The van der Waals surface area contributed by atoms with Gasteiger partial charge in [0, 0.05) is 52.6 Å². The van der Waals surface area contributed by atoms with Crippen LogP contribution in [0.4, 0.5) is 24.5 Å². The number of benzene rings is 5. The summed E-state index contributed by atoms with van der Waals surface area (Å²) in [6, 6.07) is 30.8. The number of hydrogen-bond acceptors (Lipinski definition) is 11.